The van der Waals surface area contributed by atoms with Gasteiger partial charge in [-0.15, -0.1) is 0 Å². The summed E-state index contributed by atoms with van der Waals surface area (Å²) in [5.74, 6) is 1.91. The molecule has 3 atom stereocenters. The average molecular weight is 344 g/mol. The molecule has 3 aliphatic rings. The summed E-state index contributed by atoms with van der Waals surface area (Å²) >= 11 is 0. The number of nitrogens with zero attached hydrogens (tertiary/aromatic N) is 2. The zero-order chi connectivity index (χ0) is 17.4. The van der Waals surface area contributed by atoms with E-state index in [1.807, 2.05) is 4.90 Å². The number of amides is 2. The second kappa shape index (κ2) is 6.77. The number of rotatable bonds is 3. The third kappa shape index (κ3) is 3.42. The van der Waals surface area contributed by atoms with E-state index in [4.69, 9.17) is 0 Å². The molecule has 3 unspecified atom stereocenters. The second-order valence-electron chi connectivity index (χ2n) is 7.82. The molecule has 2 amide bonds. The summed E-state index contributed by atoms with van der Waals surface area (Å²) in [6, 6.07) is 5.80. The van der Waals surface area contributed by atoms with E-state index in [1.54, 1.807) is 17.0 Å². The van der Waals surface area contributed by atoms with Crippen molar-refractivity contribution in [2.24, 2.45) is 17.8 Å². The highest BCUT2D eigenvalue weighted by Crippen LogP contribution is 2.49. The van der Waals surface area contributed by atoms with Crippen LogP contribution in [0.15, 0.2) is 24.3 Å². The second-order valence-corrected chi connectivity index (χ2v) is 7.82. The first-order chi connectivity index (χ1) is 12.1. The number of hydrogen-bond donors (Lipinski definition) is 0. The van der Waals surface area contributed by atoms with Crippen molar-refractivity contribution in [1.29, 1.82) is 0 Å². The van der Waals surface area contributed by atoms with Gasteiger partial charge < -0.3 is 9.80 Å². The van der Waals surface area contributed by atoms with E-state index >= 15 is 0 Å². The molecule has 2 aliphatic carbocycles. The first kappa shape index (κ1) is 16.6. The Morgan fingerprint density at radius 2 is 1.80 bits per heavy atom. The highest BCUT2D eigenvalue weighted by Gasteiger charge is 2.40. The molecule has 0 spiro atoms. The normalized spacial score (nSPS) is 28.4. The molecule has 1 aliphatic heterocycles. The molecule has 0 aromatic heterocycles. The van der Waals surface area contributed by atoms with Crippen LogP contribution in [0.3, 0.4) is 0 Å². The summed E-state index contributed by atoms with van der Waals surface area (Å²) < 4.78 is 13.3. The van der Waals surface area contributed by atoms with E-state index in [0.717, 1.165) is 11.8 Å². The standard InChI is InChI=1S/C20H25FN2O2/c21-18-3-1-2-16(12-18)20(25)23-8-6-22(7-9-23)19(24)13-17-11-14-4-5-15(17)10-14/h1-3,12,14-15,17H,4-11,13H2. The van der Waals surface area contributed by atoms with Crippen LogP contribution >= 0.6 is 0 Å². The Morgan fingerprint density at radius 3 is 2.44 bits per heavy atom. The Bertz CT molecular complexity index is 669. The number of carbonyl (C=O) groups is 2. The van der Waals surface area contributed by atoms with Gasteiger partial charge >= 0.3 is 0 Å². The highest BCUT2D eigenvalue weighted by molar-refractivity contribution is 5.94. The van der Waals surface area contributed by atoms with Crippen molar-refractivity contribution in [1.82, 2.24) is 9.80 Å². The minimum absolute atomic E-state index is 0.153. The maximum Gasteiger partial charge on any atom is 0.254 e. The largest absolute Gasteiger partial charge is 0.339 e. The fourth-order valence-electron chi connectivity index (χ4n) is 4.94. The summed E-state index contributed by atoms with van der Waals surface area (Å²) in [6.07, 6.45) is 5.90. The zero-order valence-electron chi connectivity index (χ0n) is 14.5. The Kier molecular flexibility index (Phi) is 4.48. The predicted molar refractivity (Wildman–Crippen MR) is 92.4 cm³/mol. The maximum absolute atomic E-state index is 13.3. The van der Waals surface area contributed by atoms with Crippen LogP contribution in [-0.4, -0.2) is 47.8 Å². The molecule has 0 N–H and O–H groups in total. The number of carbonyl (C=O) groups excluding carboxylic acids is 2. The first-order valence-corrected chi connectivity index (χ1v) is 9.43. The van der Waals surface area contributed by atoms with Crippen LogP contribution in [-0.2, 0) is 4.79 Å². The van der Waals surface area contributed by atoms with Crippen LogP contribution in [0.4, 0.5) is 4.39 Å². The molecule has 134 valence electrons. The molecule has 2 saturated carbocycles. The van der Waals surface area contributed by atoms with E-state index < -0.39 is 5.82 Å². The number of fused-ring (bicyclic) bond motifs is 2. The summed E-state index contributed by atoms with van der Waals surface area (Å²) in [5, 5.41) is 0. The Labute approximate surface area is 148 Å². The molecule has 0 radical (unpaired) electrons. The van der Waals surface area contributed by atoms with Gasteiger partial charge in [0, 0.05) is 38.2 Å². The molecule has 2 bridgehead atoms. The van der Waals surface area contributed by atoms with Crippen LogP contribution < -0.4 is 0 Å². The van der Waals surface area contributed by atoms with Crippen molar-refractivity contribution < 1.29 is 14.0 Å². The molecular formula is C20H25FN2O2. The van der Waals surface area contributed by atoms with Crippen molar-refractivity contribution in [2.75, 3.05) is 26.2 Å². The fourth-order valence-corrected chi connectivity index (χ4v) is 4.94. The van der Waals surface area contributed by atoms with Gasteiger partial charge in [0.1, 0.15) is 5.82 Å². The lowest BCUT2D eigenvalue weighted by atomic mass is 9.86. The lowest BCUT2D eigenvalue weighted by molar-refractivity contribution is -0.134. The zero-order valence-corrected chi connectivity index (χ0v) is 14.5. The van der Waals surface area contributed by atoms with Gasteiger partial charge in [0.2, 0.25) is 5.91 Å². The summed E-state index contributed by atoms with van der Waals surface area (Å²) in [6.45, 7) is 2.22. The van der Waals surface area contributed by atoms with Crippen LogP contribution in [0, 0.1) is 23.6 Å². The first-order valence-electron chi connectivity index (χ1n) is 9.43. The van der Waals surface area contributed by atoms with Gasteiger partial charge in [0.25, 0.3) is 5.91 Å². The fraction of sp³-hybridized carbons (Fsp3) is 0.600. The molecule has 1 heterocycles. The van der Waals surface area contributed by atoms with E-state index in [9.17, 15) is 14.0 Å². The van der Waals surface area contributed by atoms with Crippen molar-refractivity contribution in [3.8, 4) is 0 Å². The predicted octanol–water partition coefficient (Wildman–Crippen LogP) is 2.94. The Morgan fingerprint density at radius 1 is 1.04 bits per heavy atom. The molecule has 5 heteroatoms. The number of hydrogen-bond acceptors (Lipinski definition) is 2. The lowest BCUT2D eigenvalue weighted by Crippen LogP contribution is -2.51. The van der Waals surface area contributed by atoms with E-state index in [-0.39, 0.29) is 11.8 Å². The number of halogens is 1. The minimum atomic E-state index is -0.398. The van der Waals surface area contributed by atoms with Crippen LogP contribution in [0.5, 0.6) is 0 Å². The van der Waals surface area contributed by atoms with Gasteiger partial charge in [-0.2, -0.15) is 0 Å². The molecule has 25 heavy (non-hydrogen) atoms. The quantitative estimate of drug-likeness (QED) is 0.846. The monoisotopic (exact) mass is 344 g/mol. The summed E-state index contributed by atoms with van der Waals surface area (Å²) in [4.78, 5) is 28.7. The topological polar surface area (TPSA) is 40.6 Å². The molecule has 4 nitrogen and oxygen atoms in total. The lowest BCUT2D eigenvalue weighted by Gasteiger charge is -2.35. The van der Waals surface area contributed by atoms with Crippen molar-refractivity contribution >= 4 is 11.8 Å². The van der Waals surface area contributed by atoms with Crippen molar-refractivity contribution in [3.63, 3.8) is 0 Å². The molecule has 4 rings (SSSR count). The van der Waals surface area contributed by atoms with Crippen LogP contribution in [0.2, 0.25) is 0 Å². The molecular weight excluding hydrogens is 319 g/mol. The van der Waals surface area contributed by atoms with Crippen molar-refractivity contribution in [2.45, 2.75) is 32.1 Å². The van der Waals surface area contributed by atoms with Gasteiger partial charge in [0.05, 0.1) is 0 Å². The van der Waals surface area contributed by atoms with Gasteiger partial charge in [0.15, 0.2) is 0 Å². The Hall–Kier alpha value is -1.91. The van der Waals surface area contributed by atoms with Gasteiger partial charge in [-0.1, -0.05) is 12.5 Å². The van der Waals surface area contributed by atoms with Crippen molar-refractivity contribution in [3.05, 3.63) is 35.6 Å². The van der Waals surface area contributed by atoms with E-state index in [2.05, 4.69) is 0 Å². The van der Waals surface area contributed by atoms with Crippen LogP contribution in [0.25, 0.3) is 0 Å². The minimum Gasteiger partial charge on any atom is -0.339 e. The average Bonchev–Trinajstić information content (AvgIpc) is 3.24. The Balaban J connectivity index is 1.29. The third-order valence-electron chi connectivity index (χ3n) is 6.31. The van der Waals surface area contributed by atoms with Crippen LogP contribution in [0.1, 0.15) is 42.5 Å². The number of piperazine rings is 1. The highest BCUT2D eigenvalue weighted by atomic mass is 19.1. The molecule has 1 aromatic rings. The maximum atomic E-state index is 13.3. The van der Waals surface area contributed by atoms with Gasteiger partial charge in [-0.25, -0.2) is 4.39 Å². The van der Waals surface area contributed by atoms with Gasteiger partial charge in [-0.3, -0.25) is 9.59 Å². The van der Waals surface area contributed by atoms with Gasteiger partial charge in [-0.05, 0) is 55.2 Å². The number of benzene rings is 1. The third-order valence-corrected chi connectivity index (χ3v) is 6.31. The molecule has 1 saturated heterocycles. The molecule has 1 aromatic carbocycles. The SMILES string of the molecule is O=C(CC1CC2CCC1C2)N1CCN(C(=O)c2cccc(F)c2)CC1. The smallest absolute Gasteiger partial charge is 0.254 e. The molecule has 3 fully saturated rings. The van der Waals surface area contributed by atoms with E-state index in [1.165, 1.54) is 37.8 Å². The summed E-state index contributed by atoms with van der Waals surface area (Å²) in [5.41, 5.74) is 0.377. The summed E-state index contributed by atoms with van der Waals surface area (Å²) in [7, 11) is 0. The van der Waals surface area contributed by atoms with E-state index in [0.29, 0.717) is 44.1 Å².